The Morgan fingerprint density at radius 3 is 2.58 bits per heavy atom. The average Bonchev–Trinajstić information content (AvgIpc) is 2.52. The summed E-state index contributed by atoms with van der Waals surface area (Å²) in [5.74, 6) is 0. The highest BCUT2D eigenvalue weighted by atomic mass is 16.3. The van der Waals surface area contributed by atoms with Crippen molar-refractivity contribution < 1.29 is 10.2 Å². The molecular weight excluding hydrogens is 320 g/mol. The van der Waals surface area contributed by atoms with Crippen LogP contribution < -0.4 is 0 Å². The third kappa shape index (κ3) is 8.39. The summed E-state index contributed by atoms with van der Waals surface area (Å²) in [7, 11) is 0. The van der Waals surface area contributed by atoms with Crippen molar-refractivity contribution >= 4 is 0 Å². The molecule has 0 heterocycles. The number of hydrogen-bond acceptors (Lipinski definition) is 2. The second kappa shape index (κ2) is 10.7. The van der Waals surface area contributed by atoms with Gasteiger partial charge in [-0.25, -0.2) is 0 Å². The monoisotopic (exact) mass is 364 g/mol. The minimum Gasteiger partial charge on any atom is -0.393 e. The fourth-order valence-corrected chi connectivity index (χ4v) is 4.36. The Morgan fingerprint density at radius 2 is 1.96 bits per heavy atom. The number of allylic oxidation sites excluding steroid dienone is 4. The van der Waals surface area contributed by atoms with Crippen LogP contribution in [0.25, 0.3) is 0 Å². The summed E-state index contributed by atoms with van der Waals surface area (Å²) in [6, 6.07) is 0. The van der Waals surface area contributed by atoms with Crippen LogP contribution in [0.2, 0.25) is 0 Å². The van der Waals surface area contributed by atoms with E-state index in [1.807, 2.05) is 6.92 Å². The molecule has 0 aromatic heterocycles. The third-order valence-electron chi connectivity index (χ3n) is 6.27. The lowest BCUT2D eigenvalue weighted by Gasteiger charge is -2.35. The van der Waals surface area contributed by atoms with Gasteiger partial charge in [0.1, 0.15) is 0 Å². The first kappa shape index (κ1) is 23.4. The van der Waals surface area contributed by atoms with Gasteiger partial charge in [0.2, 0.25) is 0 Å². The quantitative estimate of drug-likeness (QED) is 0.400. The fraction of sp³-hybridized carbons (Fsp3) is 0.833. The van der Waals surface area contributed by atoms with Crippen LogP contribution in [0, 0.1) is 5.41 Å². The average molecular weight is 365 g/mol. The first-order valence-electron chi connectivity index (χ1n) is 10.8. The van der Waals surface area contributed by atoms with E-state index in [4.69, 9.17) is 0 Å². The summed E-state index contributed by atoms with van der Waals surface area (Å²) in [6.07, 6.45) is 13.2. The van der Waals surface area contributed by atoms with Crippen LogP contribution in [0.1, 0.15) is 112 Å². The van der Waals surface area contributed by atoms with Crippen molar-refractivity contribution in [1.29, 1.82) is 0 Å². The van der Waals surface area contributed by atoms with Crippen molar-refractivity contribution in [2.45, 2.75) is 124 Å². The second-order valence-corrected chi connectivity index (χ2v) is 9.56. The van der Waals surface area contributed by atoms with Crippen LogP contribution in [0.4, 0.5) is 0 Å². The molecule has 0 saturated heterocycles. The van der Waals surface area contributed by atoms with E-state index in [0.29, 0.717) is 18.3 Å². The fourth-order valence-electron chi connectivity index (χ4n) is 4.36. The predicted molar refractivity (Wildman–Crippen MR) is 113 cm³/mol. The molecule has 0 radical (unpaired) electrons. The molecule has 26 heavy (non-hydrogen) atoms. The Bertz CT molecular complexity index is 482. The number of hydrogen-bond donors (Lipinski definition) is 2. The van der Waals surface area contributed by atoms with E-state index < -0.39 is 5.60 Å². The van der Waals surface area contributed by atoms with Crippen molar-refractivity contribution in [3.05, 3.63) is 22.8 Å². The van der Waals surface area contributed by atoms with Gasteiger partial charge < -0.3 is 10.2 Å². The minimum atomic E-state index is -0.671. The minimum absolute atomic E-state index is 0.265. The lowest BCUT2D eigenvalue weighted by molar-refractivity contribution is 0.0241. The SMILES string of the molecule is CCC[C@H](O)CC[C@@](C)(O)CC/C=C(/C)CCC1=C(C)CCCC1(C)C. The molecule has 0 amide bonds. The molecule has 0 aromatic carbocycles. The normalized spacial score (nSPS) is 21.6. The predicted octanol–water partition coefficient (Wildman–Crippen LogP) is 6.71. The maximum absolute atomic E-state index is 10.5. The highest BCUT2D eigenvalue weighted by molar-refractivity contribution is 5.23. The summed E-state index contributed by atoms with van der Waals surface area (Å²) in [5.41, 5.74) is 4.42. The smallest absolute Gasteiger partial charge is 0.0623 e. The Kier molecular flexibility index (Phi) is 9.61. The summed E-state index contributed by atoms with van der Waals surface area (Å²) in [6.45, 7) is 13.3. The highest BCUT2D eigenvalue weighted by Gasteiger charge is 2.27. The van der Waals surface area contributed by atoms with Crippen LogP contribution in [-0.2, 0) is 0 Å². The van der Waals surface area contributed by atoms with Crippen molar-refractivity contribution in [3.63, 3.8) is 0 Å². The van der Waals surface area contributed by atoms with E-state index in [1.165, 1.54) is 31.3 Å². The molecule has 1 rings (SSSR count). The summed E-state index contributed by atoms with van der Waals surface area (Å²) in [4.78, 5) is 0. The van der Waals surface area contributed by atoms with Gasteiger partial charge in [0.15, 0.2) is 0 Å². The molecule has 2 N–H and O–H groups in total. The summed E-state index contributed by atoms with van der Waals surface area (Å²) < 4.78 is 0. The van der Waals surface area contributed by atoms with E-state index >= 15 is 0 Å². The molecule has 0 aliphatic heterocycles. The van der Waals surface area contributed by atoms with E-state index in [1.54, 1.807) is 11.1 Å². The number of rotatable bonds is 11. The number of aliphatic hydroxyl groups is 2. The zero-order valence-electron chi connectivity index (χ0n) is 18.3. The van der Waals surface area contributed by atoms with Gasteiger partial charge in [0.25, 0.3) is 0 Å². The maximum Gasteiger partial charge on any atom is 0.0623 e. The first-order chi connectivity index (χ1) is 12.1. The Morgan fingerprint density at radius 1 is 1.27 bits per heavy atom. The molecule has 1 aliphatic rings. The van der Waals surface area contributed by atoms with Crippen LogP contribution in [0.3, 0.4) is 0 Å². The Hall–Kier alpha value is -0.600. The lowest BCUT2D eigenvalue weighted by Crippen LogP contribution is -2.25. The van der Waals surface area contributed by atoms with Gasteiger partial charge in [0, 0.05) is 0 Å². The van der Waals surface area contributed by atoms with Crippen molar-refractivity contribution in [3.8, 4) is 0 Å². The summed E-state index contributed by atoms with van der Waals surface area (Å²) >= 11 is 0. The molecule has 0 fully saturated rings. The van der Waals surface area contributed by atoms with Gasteiger partial charge in [-0.15, -0.1) is 0 Å². The maximum atomic E-state index is 10.5. The van der Waals surface area contributed by atoms with Crippen LogP contribution in [0.5, 0.6) is 0 Å². The van der Waals surface area contributed by atoms with Gasteiger partial charge in [-0.05, 0) is 90.4 Å². The molecular formula is C24H44O2. The molecule has 1 aliphatic carbocycles. The lowest BCUT2D eigenvalue weighted by atomic mass is 9.71. The van der Waals surface area contributed by atoms with Gasteiger partial charge in [0.05, 0.1) is 11.7 Å². The summed E-state index contributed by atoms with van der Waals surface area (Å²) in [5, 5.41) is 20.4. The van der Waals surface area contributed by atoms with E-state index in [0.717, 1.165) is 32.1 Å². The van der Waals surface area contributed by atoms with Gasteiger partial charge in [-0.3, -0.25) is 0 Å². The van der Waals surface area contributed by atoms with Crippen molar-refractivity contribution in [2.75, 3.05) is 0 Å². The van der Waals surface area contributed by atoms with Gasteiger partial charge >= 0.3 is 0 Å². The topological polar surface area (TPSA) is 40.5 Å². The van der Waals surface area contributed by atoms with Crippen LogP contribution in [-0.4, -0.2) is 21.9 Å². The Balaban J connectivity index is 2.41. The molecule has 0 spiro atoms. The largest absolute Gasteiger partial charge is 0.393 e. The van der Waals surface area contributed by atoms with E-state index in [2.05, 4.69) is 40.7 Å². The molecule has 152 valence electrons. The van der Waals surface area contributed by atoms with Gasteiger partial charge in [-0.2, -0.15) is 0 Å². The molecule has 2 nitrogen and oxygen atoms in total. The van der Waals surface area contributed by atoms with Crippen molar-refractivity contribution in [2.24, 2.45) is 5.41 Å². The highest BCUT2D eigenvalue weighted by Crippen LogP contribution is 2.42. The Labute approximate surface area is 162 Å². The standard InChI is InChI=1S/C24H44O2/c1-7-10-21(25)15-18-24(6,26)17-8-11-19(2)13-14-22-20(3)12-9-16-23(22,4)5/h11,21,25-26H,7-10,12-18H2,1-6H3/b19-11-/t21-,24-/m0/s1. The molecule has 0 unspecified atom stereocenters. The van der Waals surface area contributed by atoms with E-state index in [-0.39, 0.29) is 6.10 Å². The van der Waals surface area contributed by atoms with Gasteiger partial charge in [-0.1, -0.05) is 50.0 Å². The second-order valence-electron chi connectivity index (χ2n) is 9.56. The molecule has 2 heteroatoms. The van der Waals surface area contributed by atoms with Crippen LogP contribution >= 0.6 is 0 Å². The van der Waals surface area contributed by atoms with Crippen LogP contribution in [0.15, 0.2) is 22.8 Å². The van der Waals surface area contributed by atoms with E-state index in [9.17, 15) is 10.2 Å². The molecule has 2 atom stereocenters. The first-order valence-corrected chi connectivity index (χ1v) is 10.8. The zero-order chi connectivity index (χ0) is 19.8. The van der Waals surface area contributed by atoms with Crippen molar-refractivity contribution in [1.82, 2.24) is 0 Å². The number of aliphatic hydroxyl groups excluding tert-OH is 1. The molecule has 0 saturated carbocycles. The zero-order valence-corrected chi connectivity index (χ0v) is 18.3. The molecule has 0 bridgehead atoms. The molecule has 0 aromatic rings. The third-order valence-corrected chi connectivity index (χ3v) is 6.27.